The normalized spacial score (nSPS) is 22.1. The van der Waals surface area contributed by atoms with Crippen LogP contribution in [0, 0.1) is 3.70 Å². The molecular formula is C10H13IN6OS. The first kappa shape index (κ1) is 13.2. The predicted molar refractivity (Wildman–Crippen MR) is 81.7 cm³/mol. The van der Waals surface area contributed by atoms with Gasteiger partial charge in [-0.15, -0.1) is 0 Å². The van der Waals surface area contributed by atoms with E-state index in [1.165, 1.54) is 6.33 Å². The van der Waals surface area contributed by atoms with Gasteiger partial charge in [0.05, 0.1) is 22.4 Å². The highest BCUT2D eigenvalue weighted by molar-refractivity contribution is 14.1. The van der Waals surface area contributed by atoms with Crippen molar-refractivity contribution in [3.8, 4) is 0 Å². The summed E-state index contributed by atoms with van der Waals surface area (Å²) in [6.07, 6.45) is 4.07. The summed E-state index contributed by atoms with van der Waals surface area (Å²) < 4.78 is 16.1. The number of aromatic nitrogens is 4. The van der Waals surface area contributed by atoms with Crippen molar-refractivity contribution >= 4 is 50.4 Å². The molecule has 2 N–H and O–H groups in total. The molecule has 3 rings (SSSR count). The number of fused-ring (bicyclic) bond motifs is 1. The summed E-state index contributed by atoms with van der Waals surface area (Å²) in [7, 11) is -0.934. The Balaban J connectivity index is 2.03. The standard InChI is InChI=1S/C10H13IN6OS/c1-19(18)16-3-2-6(4-16)17-10-7(8(11)15-17)9(12)13-5-14-10/h5-6H,2-4H2,1H3,(H2,12,13,14)/t6-,19?/m1/s1. The zero-order valence-electron chi connectivity index (χ0n) is 10.3. The van der Waals surface area contributed by atoms with E-state index in [0.717, 1.165) is 34.2 Å². The number of nitrogen functional groups attached to an aromatic ring is 1. The third kappa shape index (κ3) is 2.23. The van der Waals surface area contributed by atoms with Gasteiger partial charge >= 0.3 is 0 Å². The first-order valence-electron chi connectivity index (χ1n) is 5.80. The van der Waals surface area contributed by atoms with Crippen LogP contribution in [0.3, 0.4) is 0 Å². The van der Waals surface area contributed by atoms with Gasteiger partial charge < -0.3 is 5.73 Å². The van der Waals surface area contributed by atoms with Crippen molar-refractivity contribution in [1.82, 2.24) is 24.1 Å². The Labute approximate surface area is 126 Å². The zero-order chi connectivity index (χ0) is 13.6. The number of hydrogen-bond donors (Lipinski definition) is 1. The van der Waals surface area contributed by atoms with Gasteiger partial charge in [0.2, 0.25) is 0 Å². The molecule has 0 amide bonds. The molecule has 1 fully saturated rings. The van der Waals surface area contributed by atoms with Gasteiger partial charge in [0, 0.05) is 19.3 Å². The topological polar surface area (TPSA) is 89.9 Å². The van der Waals surface area contributed by atoms with Gasteiger partial charge in [0.25, 0.3) is 0 Å². The highest BCUT2D eigenvalue weighted by atomic mass is 127. The van der Waals surface area contributed by atoms with E-state index in [-0.39, 0.29) is 6.04 Å². The maximum absolute atomic E-state index is 11.5. The maximum atomic E-state index is 11.5. The lowest BCUT2D eigenvalue weighted by Crippen LogP contribution is -2.23. The number of rotatable bonds is 2. The van der Waals surface area contributed by atoms with Crippen LogP contribution in [-0.2, 0) is 11.0 Å². The van der Waals surface area contributed by atoms with Crippen molar-refractivity contribution in [2.75, 3.05) is 25.1 Å². The Morgan fingerprint density at radius 2 is 2.32 bits per heavy atom. The number of hydrogen-bond acceptors (Lipinski definition) is 5. The highest BCUT2D eigenvalue weighted by Crippen LogP contribution is 2.29. The Bertz CT molecular complexity index is 659. The maximum Gasteiger partial charge on any atom is 0.164 e. The SMILES string of the molecule is CS(=O)N1CC[C@@H](n2nc(I)c3c(N)ncnc32)C1. The van der Waals surface area contributed by atoms with E-state index < -0.39 is 11.0 Å². The smallest absolute Gasteiger partial charge is 0.164 e. The van der Waals surface area contributed by atoms with E-state index >= 15 is 0 Å². The fraction of sp³-hybridized carbons (Fsp3) is 0.500. The summed E-state index contributed by atoms with van der Waals surface area (Å²) in [5, 5.41) is 5.33. The summed E-state index contributed by atoms with van der Waals surface area (Å²) in [6.45, 7) is 1.53. The molecule has 0 radical (unpaired) electrons. The first-order chi connectivity index (χ1) is 9.08. The molecule has 2 aromatic rings. The summed E-state index contributed by atoms with van der Waals surface area (Å²) in [5.74, 6) is 0.453. The van der Waals surface area contributed by atoms with Gasteiger partial charge in [-0.3, -0.25) is 0 Å². The Morgan fingerprint density at radius 1 is 1.53 bits per heavy atom. The van der Waals surface area contributed by atoms with Crippen molar-refractivity contribution in [3.05, 3.63) is 10.0 Å². The van der Waals surface area contributed by atoms with Crippen LogP contribution in [0.15, 0.2) is 6.33 Å². The van der Waals surface area contributed by atoms with Crippen LogP contribution in [0.5, 0.6) is 0 Å². The van der Waals surface area contributed by atoms with Crippen LogP contribution >= 0.6 is 22.6 Å². The summed E-state index contributed by atoms with van der Waals surface area (Å²) in [6, 6.07) is 0.184. The van der Waals surface area contributed by atoms with Crippen LogP contribution < -0.4 is 5.73 Å². The second kappa shape index (κ2) is 4.94. The minimum absolute atomic E-state index is 0.184. The number of nitrogens with zero attached hydrogens (tertiary/aromatic N) is 5. The summed E-state index contributed by atoms with van der Waals surface area (Å²) in [5.41, 5.74) is 6.63. The van der Waals surface area contributed by atoms with Crippen molar-refractivity contribution in [1.29, 1.82) is 0 Å². The molecule has 0 bridgehead atoms. The van der Waals surface area contributed by atoms with Gasteiger partial charge in [0.1, 0.15) is 15.8 Å². The van der Waals surface area contributed by atoms with Crippen LogP contribution in [-0.4, -0.2) is 47.6 Å². The number of anilines is 1. The fourth-order valence-electron chi connectivity index (χ4n) is 2.35. The van der Waals surface area contributed by atoms with E-state index in [9.17, 15) is 4.21 Å². The molecule has 19 heavy (non-hydrogen) atoms. The lowest BCUT2D eigenvalue weighted by molar-refractivity contribution is 0.462. The van der Waals surface area contributed by atoms with E-state index in [1.54, 1.807) is 6.26 Å². The molecule has 2 atom stereocenters. The molecule has 0 aromatic carbocycles. The Kier molecular flexibility index (Phi) is 3.43. The molecule has 0 aliphatic carbocycles. The molecule has 0 spiro atoms. The van der Waals surface area contributed by atoms with Gasteiger partial charge in [0.15, 0.2) is 5.65 Å². The third-order valence-electron chi connectivity index (χ3n) is 3.31. The minimum Gasteiger partial charge on any atom is -0.383 e. The second-order valence-electron chi connectivity index (χ2n) is 4.45. The number of halogens is 1. The molecule has 7 nitrogen and oxygen atoms in total. The van der Waals surface area contributed by atoms with Crippen molar-refractivity contribution in [2.24, 2.45) is 0 Å². The molecule has 2 aromatic heterocycles. The lowest BCUT2D eigenvalue weighted by atomic mass is 10.2. The number of nitrogens with two attached hydrogens (primary N) is 1. The molecular weight excluding hydrogens is 379 g/mol. The first-order valence-corrected chi connectivity index (χ1v) is 8.40. The van der Waals surface area contributed by atoms with E-state index in [0.29, 0.717) is 5.82 Å². The van der Waals surface area contributed by atoms with Gasteiger partial charge in [-0.05, 0) is 29.0 Å². The Hall–Kier alpha value is -0.810. The molecule has 1 aliphatic rings. The average molecular weight is 392 g/mol. The van der Waals surface area contributed by atoms with Crippen molar-refractivity contribution in [3.63, 3.8) is 0 Å². The zero-order valence-corrected chi connectivity index (χ0v) is 13.3. The molecule has 102 valence electrons. The van der Waals surface area contributed by atoms with Crippen molar-refractivity contribution < 1.29 is 4.21 Å². The quantitative estimate of drug-likeness (QED) is 0.755. The monoisotopic (exact) mass is 392 g/mol. The van der Waals surface area contributed by atoms with Crippen molar-refractivity contribution in [2.45, 2.75) is 12.5 Å². The predicted octanol–water partition coefficient (Wildman–Crippen LogP) is 0.553. The molecule has 0 saturated carbocycles. The van der Waals surface area contributed by atoms with Gasteiger partial charge in [-0.25, -0.2) is 23.2 Å². The second-order valence-corrected chi connectivity index (χ2v) is 6.83. The fourth-order valence-corrected chi connectivity index (χ4v) is 3.85. The van der Waals surface area contributed by atoms with Gasteiger partial charge in [-0.2, -0.15) is 5.10 Å². The molecule has 1 aliphatic heterocycles. The molecule has 3 heterocycles. The van der Waals surface area contributed by atoms with Crippen LogP contribution in [0.2, 0.25) is 0 Å². The van der Waals surface area contributed by atoms with Crippen LogP contribution in [0.25, 0.3) is 11.0 Å². The van der Waals surface area contributed by atoms with E-state index in [4.69, 9.17) is 5.73 Å². The Morgan fingerprint density at radius 3 is 3.00 bits per heavy atom. The molecule has 1 saturated heterocycles. The molecule has 1 unspecified atom stereocenters. The van der Waals surface area contributed by atoms with Crippen LogP contribution in [0.1, 0.15) is 12.5 Å². The minimum atomic E-state index is -0.934. The lowest BCUT2D eigenvalue weighted by Gasteiger charge is -2.13. The highest BCUT2D eigenvalue weighted by Gasteiger charge is 2.29. The summed E-state index contributed by atoms with van der Waals surface area (Å²) >= 11 is 2.14. The third-order valence-corrected chi connectivity index (χ3v) is 5.12. The van der Waals surface area contributed by atoms with E-state index in [1.807, 2.05) is 8.99 Å². The average Bonchev–Trinajstić information content (AvgIpc) is 2.95. The molecule has 9 heteroatoms. The van der Waals surface area contributed by atoms with Gasteiger partial charge in [-0.1, -0.05) is 0 Å². The van der Waals surface area contributed by atoms with Crippen LogP contribution in [0.4, 0.5) is 5.82 Å². The summed E-state index contributed by atoms with van der Waals surface area (Å²) in [4.78, 5) is 8.29. The largest absolute Gasteiger partial charge is 0.383 e. The van der Waals surface area contributed by atoms with E-state index in [2.05, 4.69) is 37.7 Å².